The maximum atomic E-state index is 12.5. The van der Waals surface area contributed by atoms with Gasteiger partial charge in [0.1, 0.15) is 0 Å². The zero-order chi connectivity index (χ0) is 17.9. The maximum absolute atomic E-state index is 12.5. The van der Waals surface area contributed by atoms with Gasteiger partial charge in [-0.05, 0) is 31.7 Å². The molecule has 0 atom stereocenters. The van der Waals surface area contributed by atoms with Crippen LogP contribution in [-0.4, -0.2) is 27.2 Å². The number of carbonyl (C=O) groups is 1. The van der Waals surface area contributed by atoms with Crippen LogP contribution in [0.1, 0.15) is 48.3 Å². The third-order valence-electron chi connectivity index (χ3n) is 5.01. The van der Waals surface area contributed by atoms with Crippen molar-refractivity contribution in [3.63, 3.8) is 0 Å². The van der Waals surface area contributed by atoms with E-state index in [0.29, 0.717) is 23.9 Å². The SMILES string of the molecule is Cc1cc(-c2ccccc2)n2nc(C(=O)OCC3CCCCC3)cc2n1. The van der Waals surface area contributed by atoms with Gasteiger partial charge >= 0.3 is 5.97 Å². The summed E-state index contributed by atoms with van der Waals surface area (Å²) >= 11 is 0. The summed E-state index contributed by atoms with van der Waals surface area (Å²) < 4.78 is 7.25. The number of benzene rings is 1. The molecule has 0 aliphatic heterocycles. The van der Waals surface area contributed by atoms with Gasteiger partial charge in [-0.15, -0.1) is 0 Å². The van der Waals surface area contributed by atoms with Gasteiger partial charge in [-0.2, -0.15) is 5.10 Å². The van der Waals surface area contributed by atoms with Crippen LogP contribution >= 0.6 is 0 Å². The van der Waals surface area contributed by atoms with Gasteiger partial charge in [0.15, 0.2) is 11.3 Å². The van der Waals surface area contributed by atoms with E-state index in [2.05, 4.69) is 10.1 Å². The van der Waals surface area contributed by atoms with Crippen LogP contribution < -0.4 is 0 Å². The molecule has 26 heavy (non-hydrogen) atoms. The zero-order valence-corrected chi connectivity index (χ0v) is 15.0. The first-order chi connectivity index (χ1) is 12.7. The number of nitrogens with zero attached hydrogens (tertiary/aromatic N) is 3. The second kappa shape index (κ2) is 7.28. The van der Waals surface area contributed by atoms with E-state index in [1.165, 1.54) is 19.3 Å². The van der Waals surface area contributed by atoms with Crippen LogP contribution in [0.5, 0.6) is 0 Å². The number of hydrogen-bond donors (Lipinski definition) is 0. The van der Waals surface area contributed by atoms with Crippen molar-refractivity contribution in [2.45, 2.75) is 39.0 Å². The molecule has 1 aliphatic carbocycles. The van der Waals surface area contributed by atoms with Gasteiger partial charge < -0.3 is 4.74 Å². The number of aryl methyl sites for hydroxylation is 1. The third kappa shape index (κ3) is 3.47. The highest BCUT2D eigenvalue weighted by molar-refractivity contribution is 5.88. The van der Waals surface area contributed by atoms with Gasteiger partial charge in [-0.1, -0.05) is 49.6 Å². The van der Waals surface area contributed by atoms with Crippen LogP contribution in [0.3, 0.4) is 0 Å². The molecule has 1 saturated carbocycles. The lowest BCUT2D eigenvalue weighted by molar-refractivity contribution is 0.0403. The Morgan fingerprint density at radius 3 is 2.69 bits per heavy atom. The van der Waals surface area contributed by atoms with E-state index in [4.69, 9.17) is 4.74 Å². The molecule has 5 nitrogen and oxygen atoms in total. The van der Waals surface area contributed by atoms with E-state index in [-0.39, 0.29) is 5.97 Å². The highest BCUT2D eigenvalue weighted by atomic mass is 16.5. The molecular formula is C21H23N3O2. The second-order valence-electron chi connectivity index (χ2n) is 7.05. The van der Waals surface area contributed by atoms with Crippen molar-refractivity contribution in [2.75, 3.05) is 6.61 Å². The van der Waals surface area contributed by atoms with Gasteiger partial charge in [0.2, 0.25) is 0 Å². The Bertz CT molecular complexity index is 912. The van der Waals surface area contributed by atoms with Gasteiger partial charge in [0, 0.05) is 17.3 Å². The summed E-state index contributed by atoms with van der Waals surface area (Å²) in [6, 6.07) is 13.7. The number of rotatable bonds is 4. The van der Waals surface area contributed by atoms with E-state index in [9.17, 15) is 4.79 Å². The van der Waals surface area contributed by atoms with Crippen molar-refractivity contribution in [3.8, 4) is 11.3 Å². The van der Waals surface area contributed by atoms with Crippen molar-refractivity contribution in [1.29, 1.82) is 0 Å². The average molecular weight is 349 g/mol. The third-order valence-corrected chi connectivity index (χ3v) is 5.01. The van der Waals surface area contributed by atoms with Crippen molar-refractivity contribution in [1.82, 2.24) is 14.6 Å². The van der Waals surface area contributed by atoms with Crippen LogP contribution in [-0.2, 0) is 4.74 Å². The summed E-state index contributed by atoms with van der Waals surface area (Å²) in [5.41, 5.74) is 3.82. The van der Waals surface area contributed by atoms with E-state index in [1.807, 2.05) is 43.3 Å². The highest BCUT2D eigenvalue weighted by Gasteiger charge is 2.19. The normalized spacial score (nSPS) is 15.3. The van der Waals surface area contributed by atoms with E-state index >= 15 is 0 Å². The van der Waals surface area contributed by atoms with Gasteiger partial charge in [0.05, 0.1) is 12.3 Å². The highest BCUT2D eigenvalue weighted by Crippen LogP contribution is 2.24. The van der Waals surface area contributed by atoms with Crippen molar-refractivity contribution < 1.29 is 9.53 Å². The monoisotopic (exact) mass is 349 g/mol. The standard InChI is InChI=1S/C21H23N3O2/c1-15-12-19(17-10-6-3-7-11-17)24-20(22-15)13-18(23-24)21(25)26-14-16-8-4-2-5-9-16/h3,6-7,10-13,16H,2,4-5,8-9,14H2,1H3. The molecule has 0 saturated heterocycles. The Morgan fingerprint density at radius 1 is 1.15 bits per heavy atom. The molecule has 5 heteroatoms. The minimum Gasteiger partial charge on any atom is -0.461 e. The van der Waals surface area contributed by atoms with E-state index in [0.717, 1.165) is 29.8 Å². The first-order valence-electron chi connectivity index (χ1n) is 9.31. The minimum absolute atomic E-state index is 0.316. The number of ether oxygens (including phenoxy) is 1. The molecule has 3 aromatic rings. The van der Waals surface area contributed by atoms with Crippen LogP contribution in [0.4, 0.5) is 0 Å². The molecule has 1 fully saturated rings. The lowest BCUT2D eigenvalue weighted by Gasteiger charge is -2.20. The van der Waals surface area contributed by atoms with Crippen LogP contribution in [0, 0.1) is 12.8 Å². The number of esters is 1. The number of hydrogen-bond acceptors (Lipinski definition) is 4. The fourth-order valence-corrected chi connectivity index (χ4v) is 3.64. The van der Waals surface area contributed by atoms with Gasteiger partial charge in [-0.3, -0.25) is 0 Å². The van der Waals surface area contributed by atoms with E-state index in [1.54, 1.807) is 10.6 Å². The first kappa shape index (κ1) is 16.8. The molecule has 0 amide bonds. The fourth-order valence-electron chi connectivity index (χ4n) is 3.64. The summed E-state index contributed by atoms with van der Waals surface area (Å²) in [5, 5.41) is 4.47. The molecule has 4 rings (SSSR count). The molecule has 0 N–H and O–H groups in total. The summed E-state index contributed by atoms with van der Waals surface area (Å²) in [5.74, 6) is 0.128. The smallest absolute Gasteiger partial charge is 0.358 e. The molecule has 0 radical (unpaired) electrons. The largest absolute Gasteiger partial charge is 0.461 e. The van der Waals surface area contributed by atoms with Crippen molar-refractivity contribution in [3.05, 3.63) is 53.9 Å². The lowest BCUT2D eigenvalue weighted by Crippen LogP contribution is -2.17. The molecule has 0 unspecified atom stereocenters. The quantitative estimate of drug-likeness (QED) is 0.653. The molecular weight excluding hydrogens is 326 g/mol. The van der Waals surface area contributed by atoms with Crippen LogP contribution in [0.15, 0.2) is 42.5 Å². The minimum atomic E-state index is -0.363. The molecule has 2 aromatic heterocycles. The molecule has 134 valence electrons. The lowest BCUT2D eigenvalue weighted by atomic mass is 9.90. The summed E-state index contributed by atoms with van der Waals surface area (Å²) in [6.45, 7) is 2.44. The summed E-state index contributed by atoms with van der Waals surface area (Å²) in [6.07, 6.45) is 6.07. The molecule has 1 aliphatic rings. The average Bonchev–Trinajstić information content (AvgIpc) is 3.11. The topological polar surface area (TPSA) is 56.5 Å². The Hall–Kier alpha value is -2.69. The summed E-state index contributed by atoms with van der Waals surface area (Å²) in [4.78, 5) is 17.0. The van der Waals surface area contributed by atoms with E-state index < -0.39 is 0 Å². The zero-order valence-electron chi connectivity index (χ0n) is 15.0. The summed E-state index contributed by atoms with van der Waals surface area (Å²) in [7, 11) is 0. The molecule has 2 heterocycles. The van der Waals surface area contributed by atoms with Gasteiger partial charge in [0.25, 0.3) is 0 Å². The Morgan fingerprint density at radius 2 is 1.92 bits per heavy atom. The molecule has 1 aromatic carbocycles. The predicted octanol–water partition coefficient (Wildman–Crippen LogP) is 4.44. The number of aromatic nitrogens is 3. The second-order valence-corrected chi connectivity index (χ2v) is 7.05. The predicted molar refractivity (Wildman–Crippen MR) is 100 cm³/mol. The first-order valence-corrected chi connectivity index (χ1v) is 9.31. The molecule has 0 spiro atoms. The molecule has 0 bridgehead atoms. The number of carbonyl (C=O) groups excluding carboxylic acids is 1. The fraction of sp³-hybridized carbons (Fsp3) is 0.381. The maximum Gasteiger partial charge on any atom is 0.358 e. The Kier molecular flexibility index (Phi) is 4.69. The Balaban J connectivity index is 1.59. The van der Waals surface area contributed by atoms with Crippen LogP contribution in [0.2, 0.25) is 0 Å². The number of fused-ring (bicyclic) bond motifs is 1. The van der Waals surface area contributed by atoms with Crippen LogP contribution in [0.25, 0.3) is 16.9 Å². The van der Waals surface area contributed by atoms with Crippen molar-refractivity contribution >= 4 is 11.6 Å². The Labute approximate surface area is 153 Å². The van der Waals surface area contributed by atoms with Crippen molar-refractivity contribution in [2.24, 2.45) is 5.92 Å². The van der Waals surface area contributed by atoms with Gasteiger partial charge in [-0.25, -0.2) is 14.3 Å².